The minimum Gasteiger partial charge on any atom is -0.468 e. The maximum Gasteiger partial charge on any atom is 0.323 e. The lowest BCUT2D eigenvalue weighted by Crippen LogP contribution is -2.38. The van der Waals surface area contributed by atoms with Crippen LogP contribution in [0.3, 0.4) is 0 Å². The number of hydrogen-bond donors (Lipinski definition) is 1. The molecule has 76 valence electrons. The zero-order valence-electron chi connectivity index (χ0n) is 8.41. The number of hydrogen-bond acceptors (Lipinski definition) is 3. The first-order valence-corrected chi connectivity index (χ1v) is 4.48. The fourth-order valence-electron chi connectivity index (χ4n) is 1.22. The van der Waals surface area contributed by atoms with Crippen LogP contribution in [0.1, 0.15) is 5.69 Å². The molecule has 0 fully saturated rings. The predicted octanol–water partition coefficient (Wildman–Crippen LogP) is -0.196. The largest absolute Gasteiger partial charge is 0.468 e. The minimum atomic E-state index is -0.293. The van der Waals surface area contributed by atoms with Crippen LogP contribution in [-0.4, -0.2) is 26.2 Å². The van der Waals surface area contributed by atoms with E-state index in [9.17, 15) is 4.79 Å². The van der Waals surface area contributed by atoms with Gasteiger partial charge < -0.3 is 10.1 Å². The molecule has 4 heteroatoms. The van der Waals surface area contributed by atoms with Crippen molar-refractivity contribution in [3.8, 4) is 0 Å². The van der Waals surface area contributed by atoms with E-state index in [1.807, 2.05) is 24.4 Å². The summed E-state index contributed by atoms with van der Waals surface area (Å²) in [5, 5.41) is 2.91. The molecule has 1 unspecified atom stereocenters. The number of carbonyl (C=O) groups excluding carboxylic acids is 1. The van der Waals surface area contributed by atoms with Crippen molar-refractivity contribution in [2.24, 2.45) is 0 Å². The van der Waals surface area contributed by atoms with Crippen LogP contribution in [0, 0.1) is 0 Å². The summed E-state index contributed by atoms with van der Waals surface area (Å²) in [6.07, 6.45) is 2.43. The molecule has 1 aromatic heterocycles. The van der Waals surface area contributed by atoms with Crippen molar-refractivity contribution < 1.29 is 14.5 Å². The van der Waals surface area contributed by atoms with Crippen molar-refractivity contribution in [2.45, 2.75) is 12.5 Å². The molecule has 4 nitrogen and oxygen atoms in total. The first-order chi connectivity index (χ1) is 6.77. The molecule has 1 heterocycles. The third-order valence-electron chi connectivity index (χ3n) is 2.03. The molecule has 2 N–H and O–H groups in total. The summed E-state index contributed by atoms with van der Waals surface area (Å²) in [5.41, 5.74) is 0.997. The van der Waals surface area contributed by atoms with Gasteiger partial charge in [-0.15, -0.1) is 0 Å². The third-order valence-corrected chi connectivity index (χ3v) is 2.03. The van der Waals surface area contributed by atoms with Gasteiger partial charge in [0.25, 0.3) is 0 Å². The summed E-state index contributed by atoms with van der Waals surface area (Å²) in [7, 11) is 3.13. The number of esters is 1. The van der Waals surface area contributed by atoms with Crippen molar-refractivity contribution in [1.29, 1.82) is 0 Å². The third kappa shape index (κ3) is 2.81. The highest BCUT2D eigenvalue weighted by molar-refractivity contribution is 5.75. The second-order valence-electron chi connectivity index (χ2n) is 2.96. The van der Waals surface area contributed by atoms with E-state index in [2.05, 4.69) is 15.0 Å². The maximum absolute atomic E-state index is 11.2. The molecule has 0 bridgehead atoms. The number of nitrogens with one attached hydrogen (secondary N) is 2. The molecule has 0 amide bonds. The first kappa shape index (κ1) is 10.7. The van der Waals surface area contributed by atoms with Crippen LogP contribution in [0.25, 0.3) is 0 Å². The van der Waals surface area contributed by atoms with Crippen LogP contribution >= 0.6 is 0 Å². The average molecular weight is 195 g/mol. The number of H-pyrrole nitrogens is 1. The van der Waals surface area contributed by atoms with Crippen LogP contribution in [0.5, 0.6) is 0 Å². The standard InChI is InChI=1S/C10H14N2O2/c1-11-9(10(13)14-2)7-8-5-3-4-6-12-8/h3-6,9,11H,7H2,1-2H3/p+1. The molecule has 0 saturated heterocycles. The molecule has 0 aliphatic heterocycles. The molecule has 0 aliphatic carbocycles. The van der Waals surface area contributed by atoms with Gasteiger partial charge in [-0.3, -0.25) is 4.79 Å². The molecule has 1 rings (SSSR count). The van der Waals surface area contributed by atoms with Gasteiger partial charge in [0.1, 0.15) is 6.04 Å². The van der Waals surface area contributed by atoms with Gasteiger partial charge in [-0.05, 0) is 7.05 Å². The molecular formula is C10H15N2O2+. The zero-order chi connectivity index (χ0) is 10.4. The number of likely N-dealkylation sites (N-methyl/N-ethyl adjacent to an activating group) is 1. The van der Waals surface area contributed by atoms with Crippen LogP contribution in [0.4, 0.5) is 0 Å². The van der Waals surface area contributed by atoms with Crippen LogP contribution in [-0.2, 0) is 16.0 Å². The summed E-state index contributed by atoms with van der Waals surface area (Å²) >= 11 is 0. The van der Waals surface area contributed by atoms with Gasteiger partial charge >= 0.3 is 5.97 Å². The Labute approximate surface area is 83.3 Å². The summed E-state index contributed by atoms with van der Waals surface area (Å²) in [5.74, 6) is -0.246. The predicted molar refractivity (Wildman–Crippen MR) is 51.6 cm³/mol. The highest BCUT2D eigenvalue weighted by Gasteiger charge is 2.19. The summed E-state index contributed by atoms with van der Waals surface area (Å²) < 4.78 is 4.66. The fourth-order valence-corrected chi connectivity index (χ4v) is 1.22. The Morgan fingerprint density at radius 3 is 2.93 bits per heavy atom. The van der Waals surface area contributed by atoms with Gasteiger partial charge in [-0.25, -0.2) is 4.98 Å². The number of methoxy groups -OCH3 is 1. The van der Waals surface area contributed by atoms with Crippen molar-refractivity contribution in [1.82, 2.24) is 5.32 Å². The molecule has 0 aromatic carbocycles. The van der Waals surface area contributed by atoms with Gasteiger partial charge in [-0.2, -0.15) is 0 Å². The van der Waals surface area contributed by atoms with Gasteiger partial charge in [0.15, 0.2) is 11.9 Å². The SMILES string of the molecule is CNC(Cc1cccc[nH+]1)C(=O)OC. The molecule has 0 saturated carbocycles. The summed E-state index contributed by atoms with van der Waals surface area (Å²) in [4.78, 5) is 14.3. The van der Waals surface area contributed by atoms with Gasteiger partial charge in [-0.1, -0.05) is 6.07 Å². The Kier molecular flexibility index (Phi) is 4.07. The highest BCUT2D eigenvalue weighted by Crippen LogP contribution is 1.97. The van der Waals surface area contributed by atoms with Crippen LogP contribution in [0.15, 0.2) is 24.4 Å². The van der Waals surface area contributed by atoms with Gasteiger partial charge in [0.2, 0.25) is 0 Å². The molecule has 0 radical (unpaired) electrons. The number of rotatable bonds is 4. The van der Waals surface area contributed by atoms with E-state index < -0.39 is 0 Å². The Morgan fingerprint density at radius 2 is 2.43 bits per heavy atom. The normalized spacial score (nSPS) is 12.1. The maximum atomic E-state index is 11.2. The van der Waals surface area contributed by atoms with E-state index in [1.165, 1.54) is 7.11 Å². The molecule has 14 heavy (non-hydrogen) atoms. The monoisotopic (exact) mass is 195 g/mol. The molecular weight excluding hydrogens is 180 g/mol. The quantitative estimate of drug-likeness (QED) is 0.677. The lowest BCUT2D eigenvalue weighted by atomic mass is 10.1. The van der Waals surface area contributed by atoms with Gasteiger partial charge in [0.05, 0.1) is 13.5 Å². The topological polar surface area (TPSA) is 52.5 Å². The van der Waals surface area contributed by atoms with Crippen molar-refractivity contribution in [3.63, 3.8) is 0 Å². The summed E-state index contributed by atoms with van der Waals surface area (Å²) in [6.45, 7) is 0. The first-order valence-electron chi connectivity index (χ1n) is 4.48. The highest BCUT2D eigenvalue weighted by atomic mass is 16.5. The lowest BCUT2D eigenvalue weighted by molar-refractivity contribution is -0.390. The molecule has 0 aliphatic rings. The van der Waals surface area contributed by atoms with E-state index >= 15 is 0 Å². The van der Waals surface area contributed by atoms with E-state index in [-0.39, 0.29) is 12.0 Å². The fraction of sp³-hybridized carbons (Fsp3) is 0.400. The van der Waals surface area contributed by atoms with E-state index in [4.69, 9.17) is 0 Å². The average Bonchev–Trinajstić information content (AvgIpc) is 2.26. The van der Waals surface area contributed by atoms with E-state index in [0.717, 1.165) is 5.69 Å². The van der Waals surface area contributed by atoms with Crippen molar-refractivity contribution in [2.75, 3.05) is 14.2 Å². The number of aromatic amines is 1. The second kappa shape index (κ2) is 5.34. The number of aromatic nitrogens is 1. The van der Waals surface area contributed by atoms with Crippen molar-refractivity contribution in [3.05, 3.63) is 30.1 Å². The lowest BCUT2D eigenvalue weighted by Gasteiger charge is -2.10. The Bertz CT molecular complexity index is 287. The van der Waals surface area contributed by atoms with Crippen LogP contribution in [0.2, 0.25) is 0 Å². The Morgan fingerprint density at radius 1 is 1.64 bits per heavy atom. The smallest absolute Gasteiger partial charge is 0.323 e. The van der Waals surface area contributed by atoms with E-state index in [1.54, 1.807) is 7.05 Å². The van der Waals surface area contributed by atoms with Gasteiger partial charge in [0, 0.05) is 12.1 Å². The summed E-state index contributed by atoms with van der Waals surface area (Å²) in [6, 6.07) is 5.47. The Hall–Kier alpha value is -1.42. The molecule has 1 atom stereocenters. The van der Waals surface area contributed by atoms with E-state index in [0.29, 0.717) is 6.42 Å². The molecule has 0 spiro atoms. The number of pyridine rings is 1. The number of carbonyl (C=O) groups is 1. The number of ether oxygens (including phenoxy) is 1. The Balaban J connectivity index is 2.62. The molecule has 1 aromatic rings. The second-order valence-corrected chi connectivity index (χ2v) is 2.96. The minimum absolute atomic E-state index is 0.246. The van der Waals surface area contributed by atoms with Crippen LogP contribution < -0.4 is 10.3 Å². The van der Waals surface area contributed by atoms with Crippen molar-refractivity contribution >= 4 is 5.97 Å². The zero-order valence-corrected chi connectivity index (χ0v) is 8.41.